The Hall–Kier alpha value is -4.04. The van der Waals surface area contributed by atoms with E-state index in [2.05, 4.69) is 4.98 Å². The summed E-state index contributed by atoms with van der Waals surface area (Å²) in [6.45, 7) is 4.82. The van der Waals surface area contributed by atoms with E-state index in [9.17, 15) is 9.18 Å². The minimum absolute atomic E-state index is 0.186. The van der Waals surface area contributed by atoms with E-state index < -0.39 is 0 Å². The Labute approximate surface area is 209 Å². The largest absolute Gasteiger partial charge is 0.495 e. The lowest BCUT2D eigenvalue weighted by molar-refractivity contribution is 0.413. The SMILES string of the molecule is COc1cc(C(=NCCCN)c2cccn(C(C)c3ccc(F)cc3)c2=O)ccc1-n1cnc(C)c1. The fourth-order valence-corrected chi connectivity index (χ4v) is 4.10. The first-order valence-corrected chi connectivity index (χ1v) is 11.8. The van der Waals surface area contributed by atoms with E-state index in [4.69, 9.17) is 15.5 Å². The van der Waals surface area contributed by atoms with E-state index in [1.165, 1.54) is 12.1 Å². The number of hydrogen-bond donors (Lipinski definition) is 1. The predicted molar refractivity (Wildman–Crippen MR) is 140 cm³/mol. The van der Waals surface area contributed by atoms with Crippen molar-refractivity contribution in [3.63, 3.8) is 0 Å². The minimum atomic E-state index is -0.315. The second-order valence-corrected chi connectivity index (χ2v) is 8.54. The molecular formula is C28H30FN5O2. The number of pyridine rings is 1. The molecule has 0 aliphatic rings. The number of methoxy groups -OCH3 is 1. The number of benzene rings is 2. The number of hydrogen-bond acceptors (Lipinski definition) is 5. The van der Waals surface area contributed by atoms with E-state index >= 15 is 0 Å². The van der Waals surface area contributed by atoms with Crippen molar-refractivity contribution in [1.82, 2.24) is 14.1 Å². The van der Waals surface area contributed by atoms with Crippen LogP contribution in [0.1, 0.15) is 41.8 Å². The molecule has 2 N–H and O–H groups in total. The molecular weight excluding hydrogens is 457 g/mol. The third kappa shape index (κ3) is 5.28. The van der Waals surface area contributed by atoms with Gasteiger partial charge in [-0.3, -0.25) is 9.79 Å². The number of imidazole rings is 1. The average molecular weight is 488 g/mol. The number of aromatic nitrogens is 3. The number of halogens is 1. The Morgan fingerprint density at radius 1 is 1.19 bits per heavy atom. The van der Waals surface area contributed by atoms with Crippen molar-refractivity contribution in [2.24, 2.45) is 10.7 Å². The lowest BCUT2D eigenvalue weighted by Gasteiger charge is -2.18. The van der Waals surface area contributed by atoms with Crippen LogP contribution in [0.15, 0.2) is 83.1 Å². The minimum Gasteiger partial charge on any atom is -0.495 e. The van der Waals surface area contributed by atoms with Gasteiger partial charge in [-0.1, -0.05) is 18.2 Å². The van der Waals surface area contributed by atoms with Crippen molar-refractivity contribution in [2.45, 2.75) is 26.3 Å². The van der Waals surface area contributed by atoms with Crippen molar-refractivity contribution < 1.29 is 9.13 Å². The molecule has 4 aromatic rings. The van der Waals surface area contributed by atoms with E-state index in [-0.39, 0.29) is 17.4 Å². The molecule has 2 aromatic carbocycles. The summed E-state index contributed by atoms with van der Waals surface area (Å²) in [5.41, 5.74) is 9.87. The zero-order valence-corrected chi connectivity index (χ0v) is 20.7. The van der Waals surface area contributed by atoms with Crippen molar-refractivity contribution in [3.8, 4) is 11.4 Å². The van der Waals surface area contributed by atoms with Crippen molar-refractivity contribution >= 4 is 5.71 Å². The van der Waals surface area contributed by atoms with Gasteiger partial charge in [0.05, 0.1) is 42.1 Å². The Kier molecular flexibility index (Phi) is 7.75. The Balaban J connectivity index is 1.79. The number of aliphatic imine (C=N–C) groups is 1. The second-order valence-electron chi connectivity index (χ2n) is 8.54. The zero-order valence-electron chi connectivity index (χ0n) is 20.7. The van der Waals surface area contributed by atoms with Crippen LogP contribution >= 0.6 is 0 Å². The molecule has 0 amide bonds. The van der Waals surface area contributed by atoms with Gasteiger partial charge < -0.3 is 19.6 Å². The van der Waals surface area contributed by atoms with Crippen LogP contribution in [0.4, 0.5) is 4.39 Å². The molecule has 1 unspecified atom stereocenters. The third-order valence-corrected chi connectivity index (χ3v) is 6.07. The van der Waals surface area contributed by atoms with E-state index in [1.54, 1.807) is 42.4 Å². The van der Waals surface area contributed by atoms with Gasteiger partial charge in [-0.2, -0.15) is 0 Å². The molecule has 0 aliphatic heterocycles. The highest BCUT2D eigenvalue weighted by atomic mass is 19.1. The monoisotopic (exact) mass is 487 g/mol. The molecule has 0 saturated carbocycles. The molecule has 7 nitrogen and oxygen atoms in total. The Morgan fingerprint density at radius 3 is 2.64 bits per heavy atom. The standard InChI is InChI=1S/C28H30FN5O2/c1-19-17-33(18-32-19)25-12-9-22(16-26(25)36-3)27(31-14-5-13-30)24-6-4-15-34(28(24)35)20(2)21-7-10-23(29)11-8-21/h4,6-12,15-18,20H,5,13-14,30H2,1-3H3. The maximum atomic E-state index is 13.7. The fourth-order valence-electron chi connectivity index (χ4n) is 4.10. The van der Waals surface area contributed by atoms with E-state index in [0.717, 1.165) is 22.5 Å². The average Bonchev–Trinajstić information content (AvgIpc) is 3.33. The van der Waals surface area contributed by atoms with Gasteiger partial charge in [-0.25, -0.2) is 9.37 Å². The van der Waals surface area contributed by atoms with Crippen molar-refractivity contribution in [1.29, 1.82) is 0 Å². The first-order valence-electron chi connectivity index (χ1n) is 11.8. The molecule has 4 rings (SSSR count). The fraction of sp³-hybridized carbons (Fsp3) is 0.250. The van der Waals surface area contributed by atoms with E-state index in [1.807, 2.05) is 48.9 Å². The first kappa shape index (κ1) is 25.1. The molecule has 0 saturated heterocycles. The van der Waals surface area contributed by atoms with Gasteiger partial charge in [0.25, 0.3) is 5.56 Å². The summed E-state index contributed by atoms with van der Waals surface area (Å²) in [5.74, 6) is 0.317. The van der Waals surface area contributed by atoms with Crippen LogP contribution in [0.5, 0.6) is 5.75 Å². The van der Waals surface area contributed by atoms with Gasteiger partial charge in [-0.05, 0) is 68.8 Å². The van der Waals surface area contributed by atoms with Crippen LogP contribution < -0.4 is 16.0 Å². The van der Waals surface area contributed by atoms with Gasteiger partial charge in [0.2, 0.25) is 0 Å². The second kappa shape index (κ2) is 11.1. The molecule has 36 heavy (non-hydrogen) atoms. The number of nitrogens with two attached hydrogens (primary N) is 1. The van der Waals surface area contributed by atoms with Crippen molar-refractivity contribution in [2.75, 3.05) is 20.2 Å². The van der Waals surface area contributed by atoms with Gasteiger partial charge in [0, 0.05) is 24.5 Å². The predicted octanol–water partition coefficient (Wildman–Crippen LogP) is 4.29. The summed E-state index contributed by atoms with van der Waals surface area (Å²) in [6, 6.07) is 15.2. The highest BCUT2D eigenvalue weighted by Gasteiger charge is 2.18. The van der Waals surface area contributed by atoms with Crippen LogP contribution in [-0.2, 0) is 0 Å². The van der Waals surface area contributed by atoms with Gasteiger partial charge in [0.1, 0.15) is 11.6 Å². The Bertz CT molecular complexity index is 1420. The molecule has 0 aliphatic carbocycles. The molecule has 2 aromatic heterocycles. The highest BCUT2D eigenvalue weighted by molar-refractivity contribution is 6.13. The number of aryl methyl sites for hydroxylation is 1. The van der Waals surface area contributed by atoms with Crippen LogP contribution in [0.2, 0.25) is 0 Å². The summed E-state index contributed by atoms with van der Waals surface area (Å²) in [4.78, 5) is 22.8. The summed E-state index contributed by atoms with van der Waals surface area (Å²) in [7, 11) is 1.61. The lowest BCUT2D eigenvalue weighted by atomic mass is 10.0. The summed E-state index contributed by atoms with van der Waals surface area (Å²) >= 11 is 0. The van der Waals surface area contributed by atoms with Crippen LogP contribution in [0.3, 0.4) is 0 Å². The van der Waals surface area contributed by atoms with Crippen molar-refractivity contribution in [3.05, 3.63) is 112 Å². The highest BCUT2D eigenvalue weighted by Crippen LogP contribution is 2.26. The maximum Gasteiger partial charge on any atom is 0.260 e. The number of ether oxygens (including phenoxy) is 1. The first-order chi connectivity index (χ1) is 17.4. The van der Waals surface area contributed by atoms with E-state index in [0.29, 0.717) is 36.5 Å². The van der Waals surface area contributed by atoms with Crippen LogP contribution in [0, 0.1) is 12.7 Å². The number of rotatable bonds is 9. The van der Waals surface area contributed by atoms with Gasteiger partial charge in [0.15, 0.2) is 0 Å². The summed E-state index contributed by atoms with van der Waals surface area (Å²) in [5, 5.41) is 0. The molecule has 0 bridgehead atoms. The molecule has 0 radical (unpaired) electrons. The molecule has 8 heteroatoms. The van der Waals surface area contributed by atoms with Crippen LogP contribution in [-0.4, -0.2) is 40.0 Å². The molecule has 0 spiro atoms. The van der Waals surface area contributed by atoms with Gasteiger partial charge in [-0.15, -0.1) is 0 Å². The normalized spacial score (nSPS) is 12.5. The maximum absolute atomic E-state index is 13.7. The lowest BCUT2D eigenvalue weighted by Crippen LogP contribution is -2.29. The third-order valence-electron chi connectivity index (χ3n) is 6.07. The Morgan fingerprint density at radius 2 is 1.97 bits per heavy atom. The van der Waals surface area contributed by atoms with Crippen LogP contribution in [0.25, 0.3) is 5.69 Å². The topological polar surface area (TPSA) is 87.4 Å². The molecule has 0 fully saturated rings. The molecule has 2 heterocycles. The smallest absolute Gasteiger partial charge is 0.260 e. The quantitative estimate of drug-likeness (QED) is 0.282. The van der Waals surface area contributed by atoms with Gasteiger partial charge >= 0.3 is 0 Å². The summed E-state index contributed by atoms with van der Waals surface area (Å²) < 4.78 is 22.6. The summed E-state index contributed by atoms with van der Waals surface area (Å²) in [6.07, 6.45) is 6.08. The molecule has 1 atom stereocenters. The zero-order chi connectivity index (χ0) is 25.7. The molecule has 186 valence electrons. The number of nitrogens with zero attached hydrogens (tertiary/aromatic N) is 4.